The zero-order valence-electron chi connectivity index (χ0n) is 12.3. The molecule has 0 bridgehead atoms. The van der Waals surface area contributed by atoms with Crippen LogP contribution in [0.25, 0.3) is 0 Å². The Morgan fingerprint density at radius 2 is 2.18 bits per heavy atom. The minimum atomic E-state index is -1.09. The molecule has 22 heavy (non-hydrogen) atoms. The molecule has 120 valence electrons. The van der Waals surface area contributed by atoms with Crippen LogP contribution in [0.3, 0.4) is 0 Å². The van der Waals surface area contributed by atoms with Gasteiger partial charge in [-0.2, -0.15) is 0 Å². The fraction of sp³-hybridized carbons (Fsp3) is 0.467. The van der Waals surface area contributed by atoms with Crippen LogP contribution >= 0.6 is 11.6 Å². The molecule has 0 saturated carbocycles. The van der Waals surface area contributed by atoms with Crippen molar-refractivity contribution in [2.75, 3.05) is 11.9 Å². The lowest BCUT2D eigenvalue weighted by molar-refractivity contribution is -0.139. The van der Waals surface area contributed by atoms with Crippen molar-refractivity contribution in [3.63, 3.8) is 0 Å². The number of carbonyl (C=O) groups is 2. The maximum absolute atomic E-state index is 12.2. The number of nitrogens with one attached hydrogen (secondary N) is 1. The van der Waals surface area contributed by atoms with Crippen molar-refractivity contribution < 1.29 is 24.2 Å². The van der Waals surface area contributed by atoms with E-state index in [1.54, 1.807) is 6.07 Å². The Morgan fingerprint density at radius 1 is 1.45 bits per heavy atom. The number of aliphatic carboxylic acids is 1. The molecule has 3 unspecified atom stereocenters. The van der Waals surface area contributed by atoms with Gasteiger partial charge < -0.3 is 19.9 Å². The highest BCUT2D eigenvalue weighted by Gasteiger charge is 2.34. The third-order valence-electron chi connectivity index (χ3n) is 3.49. The summed E-state index contributed by atoms with van der Waals surface area (Å²) in [5, 5.41) is 11.6. The number of carbonyl (C=O) groups excluding carboxylic acids is 1. The summed E-state index contributed by atoms with van der Waals surface area (Å²) in [5.74, 6) is -1.14. The first-order chi connectivity index (χ1) is 10.4. The van der Waals surface area contributed by atoms with E-state index < -0.39 is 12.6 Å². The van der Waals surface area contributed by atoms with Crippen LogP contribution in [-0.4, -0.2) is 35.8 Å². The maximum Gasteiger partial charge on any atom is 0.341 e. The molecule has 0 spiro atoms. The second-order valence-corrected chi connectivity index (χ2v) is 5.72. The highest BCUT2D eigenvalue weighted by molar-refractivity contribution is 6.32. The quantitative estimate of drug-likeness (QED) is 0.868. The van der Waals surface area contributed by atoms with Crippen molar-refractivity contribution in [2.45, 2.75) is 32.5 Å². The van der Waals surface area contributed by atoms with Gasteiger partial charge in [0.25, 0.3) is 0 Å². The molecule has 2 N–H and O–H groups in total. The van der Waals surface area contributed by atoms with Crippen molar-refractivity contribution in [3.8, 4) is 5.75 Å². The summed E-state index contributed by atoms with van der Waals surface area (Å²) in [6.45, 7) is 3.35. The minimum absolute atomic E-state index is 0.0705. The van der Waals surface area contributed by atoms with Gasteiger partial charge in [0.05, 0.1) is 23.1 Å². The first-order valence-corrected chi connectivity index (χ1v) is 7.35. The Balaban J connectivity index is 2.00. The number of rotatable bonds is 5. The standard InChI is InChI=1S/C15H18ClNO5/c1-8-5-11(9(2)22-8)15(20)17-10-3-4-13(12(16)6-10)21-7-14(18)19/h3-4,6,8-9,11H,5,7H2,1-2H3,(H,17,20)(H,18,19). The number of amides is 1. The first-order valence-electron chi connectivity index (χ1n) is 6.97. The van der Waals surface area contributed by atoms with E-state index in [0.717, 1.165) is 0 Å². The van der Waals surface area contributed by atoms with Crippen molar-refractivity contribution in [3.05, 3.63) is 23.2 Å². The molecule has 2 rings (SSSR count). The maximum atomic E-state index is 12.2. The van der Waals surface area contributed by atoms with E-state index >= 15 is 0 Å². The Labute approximate surface area is 133 Å². The van der Waals surface area contributed by atoms with Crippen LogP contribution in [0.15, 0.2) is 18.2 Å². The van der Waals surface area contributed by atoms with E-state index in [2.05, 4.69) is 5.32 Å². The Bertz CT molecular complexity index is 577. The lowest BCUT2D eigenvalue weighted by atomic mass is 9.99. The summed E-state index contributed by atoms with van der Waals surface area (Å²) < 4.78 is 10.6. The molecule has 0 aromatic heterocycles. The summed E-state index contributed by atoms with van der Waals surface area (Å²) in [6, 6.07) is 4.67. The molecule has 0 radical (unpaired) electrons. The van der Waals surface area contributed by atoms with E-state index in [9.17, 15) is 9.59 Å². The Hall–Kier alpha value is -1.79. The summed E-state index contributed by atoms with van der Waals surface area (Å²) in [6.07, 6.45) is 0.630. The van der Waals surface area contributed by atoms with Gasteiger partial charge in [-0.15, -0.1) is 0 Å². The van der Waals surface area contributed by atoms with Crippen molar-refractivity contribution in [1.29, 1.82) is 0 Å². The van der Waals surface area contributed by atoms with Crippen LogP contribution in [0.2, 0.25) is 5.02 Å². The predicted octanol–water partition coefficient (Wildman–Crippen LogP) is 2.56. The van der Waals surface area contributed by atoms with Gasteiger partial charge in [-0.3, -0.25) is 4.79 Å². The highest BCUT2D eigenvalue weighted by Crippen LogP contribution is 2.30. The third-order valence-corrected chi connectivity index (χ3v) is 3.78. The van der Waals surface area contributed by atoms with Gasteiger partial charge in [0.2, 0.25) is 5.91 Å². The molecule has 0 aliphatic carbocycles. The van der Waals surface area contributed by atoms with Crippen LogP contribution in [0.4, 0.5) is 5.69 Å². The molecule has 1 aliphatic rings. The number of carboxylic acids is 1. The fourth-order valence-electron chi connectivity index (χ4n) is 2.46. The molecule has 1 saturated heterocycles. The summed E-state index contributed by atoms with van der Waals surface area (Å²) >= 11 is 6.01. The van der Waals surface area contributed by atoms with Crippen LogP contribution < -0.4 is 10.1 Å². The van der Waals surface area contributed by atoms with Crippen molar-refractivity contribution >= 4 is 29.2 Å². The van der Waals surface area contributed by atoms with E-state index in [1.165, 1.54) is 12.1 Å². The van der Waals surface area contributed by atoms with E-state index in [1.807, 2.05) is 13.8 Å². The molecule has 1 aliphatic heterocycles. The predicted molar refractivity (Wildman–Crippen MR) is 81.3 cm³/mol. The molecular weight excluding hydrogens is 310 g/mol. The average Bonchev–Trinajstić information content (AvgIpc) is 2.76. The first kappa shape index (κ1) is 16.6. The van der Waals surface area contributed by atoms with Crippen LogP contribution in [-0.2, 0) is 14.3 Å². The topological polar surface area (TPSA) is 84.9 Å². The molecular formula is C15H18ClNO5. The van der Waals surface area contributed by atoms with Gasteiger partial charge in [-0.1, -0.05) is 11.6 Å². The largest absolute Gasteiger partial charge is 0.480 e. The van der Waals surface area contributed by atoms with Crippen molar-refractivity contribution in [1.82, 2.24) is 0 Å². The minimum Gasteiger partial charge on any atom is -0.480 e. The van der Waals surface area contributed by atoms with Crippen molar-refractivity contribution in [2.24, 2.45) is 5.92 Å². The molecule has 1 aromatic rings. The number of halogens is 1. The number of benzene rings is 1. The lowest BCUT2D eigenvalue weighted by Gasteiger charge is -2.14. The number of hydrogen-bond donors (Lipinski definition) is 2. The van der Waals surface area contributed by atoms with Gasteiger partial charge in [0.1, 0.15) is 5.75 Å². The zero-order valence-corrected chi connectivity index (χ0v) is 13.1. The van der Waals surface area contributed by atoms with Crippen LogP contribution in [0.1, 0.15) is 20.3 Å². The number of hydrogen-bond acceptors (Lipinski definition) is 4. The normalized spacial score (nSPS) is 24.0. The van der Waals surface area contributed by atoms with Gasteiger partial charge in [0.15, 0.2) is 6.61 Å². The highest BCUT2D eigenvalue weighted by atomic mass is 35.5. The summed E-state index contributed by atoms with van der Waals surface area (Å²) in [7, 11) is 0. The molecule has 1 amide bonds. The van der Waals surface area contributed by atoms with Gasteiger partial charge in [-0.25, -0.2) is 4.79 Å². The second kappa shape index (κ2) is 6.98. The average molecular weight is 328 g/mol. The Kier molecular flexibility index (Phi) is 5.26. The van der Waals surface area contributed by atoms with E-state index in [4.69, 9.17) is 26.2 Å². The van der Waals surface area contributed by atoms with Crippen LogP contribution in [0, 0.1) is 5.92 Å². The monoisotopic (exact) mass is 327 g/mol. The van der Waals surface area contributed by atoms with Gasteiger partial charge in [-0.05, 0) is 38.5 Å². The second-order valence-electron chi connectivity index (χ2n) is 5.31. The summed E-state index contributed by atoms with van der Waals surface area (Å²) in [4.78, 5) is 22.7. The number of anilines is 1. The lowest BCUT2D eigenvalue weighted by Crippen LogP contribution is -2.27. The molecule has 1 aromatic carbocycles. The molecule has 3 atom stereocenters. The van der Waals surface area contributed by atoms with E-state index in [-0.39, 0.29) is 34.8 Å². The molecule has 6 nitrogen and oxygen atoms in total. The number of ether oxygens (including phenoxy) is 2. The number of carboxylic acid groups (broad SMARTS) is 1. The zero-order chi connectivity index (χ0) is 16.3. The molecule has 1 heterocycles. The Morgan fingerprint density at radius 3 is 2.73 bits per heavy atom. The molecule has 7 heteroatoms. The van der Waals surface area contributed by atoms with Gasteiger partial charge in [0, 0.05) is 5.69 Å². The molecule has 1 fully saturated rings. The fourth-order valence-corrected chi connectivity index (χ4v) is 2.69. The van der Waals surface area contributed by atoms with Crippen LogP contribution in [0.5, 0.6) is 5.75 Å². The van der Waals surface area contributed by atoms with E-state index in [0.29, 0.717) is 12.1 Å². The van der Waals surface area contributed by atoms with Gasteiger partial charge >= 0.3 is 5.97 Å². The SMILES string of the molecule is CC1CC(C(=O)Nc2ccc(OCC(=O)O)c(Cl)c2)C(C)O1. The summed E-state index contributed by atoms with van der Waals surface area (Å²) in [5.41, 5.74) is 0.532. The smallest absolute Gasteiger partial charge is 0.341 e. The third kappa shape index (κ3) is 4.11.